The maximum absolute atomic E-state index is 5.82. The molecule has 2 fully saturated rings. The van der Waals surface area contributed by atoms with Crippen LogP contribution in [0.4, 0.5) is 0 Å². The third kappa shape index (κ3) is 4.87. The van der Waals surface area contributed by atoms with Crippen molar-refractivity contribution in [3.05, 3.63) is 0 Å². The average molecular weight is 255 g/mol. The van der Waals surface area contributed by atoms with Crippen molar-refractivity contribution in [3.8, 4) is 0 Å². The predicted molar refractivity (Wildman–Crippen MR) is 73.8 cm³/mol. The van der Waals surface area contributed by atoms with Gasteiger partial charge in [-0.15, -0.1) is 0 Å². The molecule has 0 bridgehead atoms. The van der Waals surface area contributed by atoms with Gasteiger partial charge in [-0.05, 0) is 64.3 Å². The largest absolute Gasteiger partial charge is 0.381 e. The Morgan fingerprint density at radius 3 is 2.61 bits per heavy atom. The minimum Gasteiger partial charge on any atom is -0.381 e. The first-order valence-corrected chi connectivity index (χ1v) is 7.75. The Balaban J connectivity index is 1.64. The summed E-state index contributed by atoms with van der Waals surface area (Å²) in [4.78, 5) is 0. The van der Waals surface area contributed by atoms with Crippen molar-refractivity contribution < 1.29 is 9.47 Å². The summed E-state index contributed by atoms with van der Waals surface area (Å²) >= 11 is 0. The second-order valence-electron chi connectivity index (χ2n) is 5.84. The molecule has 18 heavy (non-hydrogen) atoms. The Labute approximate surface area is 112 Å². The SMILES string of the molecule is CNC(CCC1CCCCO1)CC1CCOCC1. The molecule has 0 amide bonds. The first kappa shape index (κ1) is 14.3. The van der Waals surface area contributed by atoms with E-state index in [0.29, 0.717) is 12.1 Å². The molecule has 3 heteroatoms. The van der Waals surface area contributed by atoms with Crippen LogP contribution >= 0.6 is 0 Å². The summed E-state index contributed by atoms with van der Waals surface area (Å²) in [6.07, 6.45) is 10.7. The molecular formula is C15H29NO2. The lowest BCUT2D eigenvalue weighted by Crippen LogP contribution is -2.31. The molecular weight excluding hydrogens is 226 g/mol. The lowest BCUT2D eigenvalue weighted by Gasteiger charge is -2.28. The molecule has 2 heterocycles. The molecule has 2 unspecified atom stereocenters. The van der Waals surface area contributed by atoms with Crippen molar-refractivity contribution in [2.75, 3.05) is 26.9 Å². The van der Waals surface area contributed by atoms with Crippen molar-refractivity contribution in [3.63, 3.8) is 0 Å². The molecule has 2 rings (SSSR count). The Kier molecular flexibility index (Phi) is 6.46. The second kappa shape index (κ2) is 8.13. The molecule has 0 saturated carbocycles. The minimum atomic E-state index is 0.532. The topological polar surface area (TPSA) is 30.5 Å². The molecule has 0 aromatic rings. The van der Waals surface area contributed by atoms with Gasteiger partial charge in [0.05, 0.1) is 6.10 Å². The van der Waals surface area contributed by atoms with Crippen LogP contribution in [0.3, 0.4) is 0 Å². The monoisotopic (exact) mass is 255 g/mol. The van der Waals surface area contributed by atoms with Crippen molar-refractivity contribution >= 4 is 0 Å². The second-order valence-corrected chi connectivity index (χ2v) is 5.84. The van der Waals surface area contributed by atoms with E-state index in [0.717, 1.165) is 25.7 Å². The molecule has 0 aromatic carbocycles. The van der Waals surface area contributed by atoms with E-state index in [4.69, 9.17) is 9.47 Å². The van der Waals surface area contributed by atoms with Gasteiger partial charge in [0, 0.05) is 25.9 Å². The normalized spacial score (nSPS) is 28.2. The number of ether oxygens (including phenoxy) is 2. The van der Waals surface area contributed by atoms with Gasteiger partial charge in [-0.1, -0.05) is 0 Å². The summed E-state index contributed by atoms with van der Waals surface area (Å²) in [6, 6.07) is 0.665. The first-order chi connectivity index (χ1) is 8.88. The molecule has 0 aromatic heterocycles. The van der Waals surface area contributed by atoms with Crippen LogP contribution in [0.2, 0.25) is 0 Å². The molecule has 0 radical (unpaired) electrons. The predicted octanol–water partition coefficient (Wildman–Crippen LogP) is 2.74. The fourth-order valence-electron chi connectivity index (χ4n) is 3.19. The fourth-order valence-corrected chi connectivity index (χ4v) is 3.19. The van der Waals surface area contributed by atoms with Gasteiger partial charge in [0.2, 0.25) is 0 Å². The van der Waals surface area contributed by atoms with Crippen LogP contribution in [-0.4, -0.2) is 39.0 Å². The first-order valence-electron chi connectivity index (χ1n) is 7.75. The summed E-state index contributed by atoms with van der Waals surface area (Å²) < 4.78 is 11.2. The average Bonchev–Trinajstić information content (AvgIpc) is 2.45. The van der Waals surface area contributed by atoms with E-state index in [9.17, 15) is 0 Å². The lowest BCUT2D eigenvalue weighted by molar-refractivity contribution is 0.00749. The smallest absolute Gasteiger partial charge is 0.0575 e. The van der Waals surface area contributed by atoms with Crippen LogP contribution in [0.25, 0.3) is 0 Å². The highest BCUT2D eigenvalue weighted by atomic mass is 16.5. The van der Waals surface area contributed by atoms with Crippen molar-refractivity contribution in [1.29, 1.82) is 0 Å². The van der Waals surface area contributed by atoms with Gasteiger partial charge in [0.25, 0.3) is 0 Å². The van der Waals surface area contributed by atoms with Crippen LogP contribution in [-0.2, 0) is 9.47 Å². The summed E-state index contributed by atoms with van der Waals surface area (Å²) in [5.41, 5.74) is 0. The minimum absolute atomic E-state index is 0.532. The molecule has 2 saturated heterocycles. The van der Waals surface area contributed by atoms with Gasteiger partial charge in [-0.3, -0.25) is 0 Å². The Hall–Kier alpha value is -0.120. The van der Waals surface area contributed by atoms with Gasteiger partial charge in [-0.25, -0.2) is 0 Å². The van der Waals surface area contributed by atoms with Gasteiger partial charge in [0.15, 0.2) is 0 Å². The van der Waals surface area contributed by atoms with Crippen LogP contribution in [0.5, 0.6) is 0 Å². The van der Waals surface area contributed by atoms with Crippen LogP contribution in [0.15, 0.2) is 0 Å². The van der Waals surface area contributed by atoms with E-state index < -0.39 is 0 Å². The number of nitrogens with one attached hydrogen (secondary N) is 1. The summed E-state index contributed by atoms with van der Waals surface area (Å²) in [5, 5.41) is 3.49. The number of rotatable bonds is 6. The van der Waals surface area contributed by atoms with Crippen molar-refractivity contribution in [1.82, 2.24) is 5.32 Å². The van der Waals surface area contributed by atoms with Crippen LogP contribution in [0, 0.1) is 5.92 Å². The van der Waals surface area contributed by atoms with Crippen LogP contribution in [0.1, 0.15) is 51.4 Å². The van der Waals surface area contributed by atoms with Gasteiger partial charge in [0.1, 0.15) is 0 Å². The zero-order valence-corrected chi connectivity index (χ0v) is 11.8. The van der Waals surface area contributed by atoms with Crippen molar-refractivity contribution in [2.24, 2.45) is 5.92 Å². The molecule has 0 aliphatic carbocycles. The molecule has 0 spiro atoms. The third-order valence-corrected chi connectivity index (χ3v) is 4.48. The Bertz CT molecular complexity index is 211. The van der Waals surface area contributed by atoms with E-state index in [1.54, 1.807) is 0 Å². The summed E-state index contributed by atoms with van der Waals surface area (Å²) in [5.74, 6) is 0.864. The zero-order valence-electron chi connectivity index (χ0n) is 11.8. The van der Waals surface area contributed by atoms with E-state index in [-0.39, 0.29) is 0 Å². The van der Waals surface area contributed by atoms with Gasteiger partial charge >= 0.3 is 0 Å². The number of hydrogen-bond acceptors (Lipinski definition) is 3. The summed E-state index contributed by atoms with van der Waals surface area (Å²) in [6.45, 7) is 2.91. The molecule has 2 atom stereocenters. The fraction of sp³-hybridized carbons (Fsp3) is 1.00. The molecule has 1 N–H and O–H groups in total. The Morgan fingerprint density at radius 2 is 1.94 bits per heavy atom. The van der Waals surface area contributed by atoms with E-state index in [2.05, 4.69) is 12.4 Å². The van der Waals surface area contributed by atoms with Gasteiger partial charge < -0.3 is 14.8 Å². The zero-order chi connectivity index (χ0) is 12.6. The highest BCUT2D eigenvalue weighted by Crippen LogP contribution is 2.23. The third-order valence-electron chi connectivity index (χ3n) is 4.48. The summed E-state index contributed by atoms with van der Waals surface area (Å²) in [7, 11) is 2.10. The highest BCUT2D eigenvalue weighted by Gasteiger charge is 2.20. The highest BCUT2D eigenvalue weighted by molar-refractivity contribution is 4.75. The van der Waals surface area contributed by atoms with Gasteiger partial charge in [-0.2, -0.15) is 0 Å². The standard InChI is InChI=1S/C15H29NO2/c1-16-14(12-13-7-10-17-11-8-13)5-6-15-4-2-3-9-18-15/h13-16H,2-12H2,1H3. The molecule has 3 nitrogen and oxygen atoms in total. The maximum atomic E-state index is 5.82. The number of hydrogen-bond donors (Lipinski definition) is 1. The quantitative estimate of drug-likeness (QED) is 0.791. The van der Waals surface area contributed by atoms with E-state index in [1.807, 2.05) is 0 Å². The lowest BCUT2D eigenvalue weighted by atomic mass is 9.90. The van der Waals surface area contributed by atoms with E-state index in [1.165, 1.54) is 51.4 Å². The Morgan fingerprint density at radius 1 is 1.11 bits per heavy atom. The van der Waals surface area contributed by atoms with E-state index >= 15 is 0 Å². The van der Waals surface area contributed by atoms with Crippen molar-refractivity contribution in [2.45, 2.75) is 63.5 Å². The maximum Gasteiger partial charge on any atom is 0.0575 e. The molecule has 2 aliphatic heterocycles. The van der Waals surface area contributed by atoms with Crippen LogP contribution < -0.4 is 5.32 Å². The molecule has 2 aliphatic rings. The molecule has 106 valence electrons.